The van der Waals surface area contributed by atoms with Crippen molar-refractivity contribution in [2.75, 3.05) is 28.2 Å². The Balaban J connectivity index is 0.000000526. The van der Waals surface area contributed by atoms with Crippen molar-refractivity contribution in [2.45, 2.75) is 51.4 Å². The fourth-order valence-electron chi connectivity index (χ4n) is 6.43. The number of nitrogens with zero attached hydrogens (tertiary/aromatic N) is 2. The normalized spacial score (nSPS) is 11.0. The molecule has 0 saturated heterocycles. The van der Waals surface area contributed by atoms with E-state index in [1.165, 1.54) is 9.80 Å². The minimum Gasteiger partial charge on any atom is -0.550 e. The summed E-state index contributed by atoms with van der Waals surface area (Å²) in [5.41, 5.74) is 2.68. The Morgan fingerprint density at radius 2 is 0.464 bits per heavy atom. The third-order valence-corrected chi connectivity index (χ3v) is 11.2. The standard InChI is InChI=1S/4C15H14O3.2C3H7NO.2Cu/c4*1-11(15(16)17)12-6-5-9-14(10-12)18-13-7-3-2-4-8-13;2*1-4(2)3-5;;/h4*2-11H,1H3,(H,16,17);2*3H,1-2H3;;/q;;;;;;2*+2/p-4/t4*11-;;;;/m1100..../s1. The van der Waals surface area contributed by atoms with E-state index in [2.05, 4.69) is 0 Å². The van der Waals surface area contributed by atoms with Gasteiger partial charge in [0, 0.05) is 75.7 Å². The quantitative estimate of drug-likeness (QED) is 0.0577. The molecule has 8 aromatic rings. The molecule has 2 amide bonds. The summed E-state index contributed by atoms with van der Waals surface area (Å²) in [6.07, 6.45) is 1.50. The van der Waals surface area contributed by atoms with Gasteiger partial charge in [0.2, 0.25) is 12.8 Å². The molecular weight excluding hydrogens is 1170 g/mol. The summed E-state index contributed by atoms with van der Waals surface area (Å²) in [5.74, 6) is -1.62. The molecule has 446 valence electrons. The van der Waals surface area contributed by atoms with E-state index in [-0.39, 0.29) is 34.1 Å². The molecule has 0 aliphatic heterocycles. The Kier molecular flexibility index (Phi) is 34.8. The average Bonchev–Trinajstić information content (AvgIpc) is 3.48. The molecule has 0 fully saturated rings. The topological polar surface area (TPSA) is 238 Å². The van der Waals surface area contributed by atoms with Crippen LogP contribution in [-0.2, 0) is 62.9 Å². The van der Waals surface area contributed by atoms with Gasteiger partial charge in [0.1, 0.15) is 46.0 Å². The SMILES string of the molecule is CN(C)C=O.CN(C)C=O.C[C@@H](C(=O)[O-])c1cccc(Oc2ccccc2)c1.C[C@@H](C(=O)[O-])c1cccc(Oc2ccccc2)c1.C[C@H](C(=O)[O-])c1cccc(Oc2ccccc2)c1.C[C@H](C(=O)[O-])c1cccc(Oc2ccccc2)c1.[Cu+2].[Cu+2]. The molecule has 0 N–H and O–H groups in total. The molecule has 0 aliphatic rings. The summed E-state index contributed by atoms with van der Waals surface area (Å²) in [5, 5.41) is 43.3. The van der Waals surface area contributed by atoms with E-state index in [0.717, 1.165) is 35.8 Å². The van der Waals surface area contributed by atoms with Gasteiger partial charge in [-0.25, -0.2) is 0 Å². The van der Waals surface area contributed by atoms with Gasteiger partial charge in [-0.3, -0.25) is 9.59 Å². The van der Waals surface area contributed by atoms with Crippen molar-refractivity contribution in [3.05, 3.63) is 241 Å². The Morgan fingerprint density at radius 3 is 0.607 bits per heavy atom. The van der Waals surface area contributed by atoms with E-state index in [1.54, 1.807) is 153 Å². The second kappa shape index (κ2) is 40.1. The number of hydrogen-bond acceptors (Lipinski definition) is 14. The van der Waals surface area contributed by atoms with E-state index < -0.39 is 47.5 Å². The number of benzene rings is 8. The van der Waals surface area contributed by atoms with Crippen molar-refractivity contribution in [1.29, 1.82) is 0 Å². The predicted octanol–water partition coefficient (Wildman–Crippen LogP) is 8.73. The maximum absolute atomic E-state index is 10.8. The van der Waals surface area contributed by atoms with Crippen molar-refractivity contribution < 1.29 is 102 Å². The Morgan fingerprint density at radius 1 is 0.310 bits per heavy atom. The van der Waals surface area contributed by atoms with Crippen molar-refractivity contribution >= 4 is 36.7 Å². The summed E-state index contributed by atoms with van der Waals surface area (Å²) in [7, 11) is 6.75. The first kappa shape index (κ1) is 72.8. The molecule has 0 heterocycles. The van der Waals surface area contributed by atoms with Crippen molar-refractivity contribution in [3.63, 3.8) is 0 Å². The van der Waals surface area contributed by atoms with Crippen LogP contribution in [0.3, 0.4) is 0 Å². The Bertz CT molecular complexity index is 2780. The maximum Gasteiger partial charge on any atom is 2.00 e. The van der Waals surface area contributed by atoms with Crippen LogP contribution in [0.2, 0.25) is 0 Å². The number of ether oxygens (including phenoxy) is 4. The fraction of sp³-hybridized carbons (Fsp3) is 0.182. The Hall–Kier alpha value is -9.18. The Labute approximate surface area is 512 Å². The number of carboxylic acids is 4. The summed E-state index contributed by atoms with van der Waals surface area (Å²) in [6, 6.07) is 65.5. The van der Waals surface area contributed by atoms with Crippen LogP contribution in [0.4, 0.5) is 0 Å². The molecule has 0 spiro atoms. The number of carbonyl (C=O) groups excluding carboxylic acids is 6. The van der Waals surface area contributed by atoms with Gasteiger partial charge < -0.3 is 68.4 Å². The summed E-state index contributed by atoms with van der Waals surface area (Å²) >= 11 is 0. The van der Waals surface area contributed by atoms with Crippen LogP contribution in [0.5, 0.6) is 46.0 Å². The predicted molar refractivity (Wildman–Crippen MR) is 305 cm³/mol. The van der Waals surface area contributed by atoms with Crippen LogP contribution < -0.4 is 39.4 Å². The van der Waals surface area contributed by atoms with Gasteiger partial charge in [-0.1, -0.05) is 149 Å². The molecule has 0 aromatic heterocycles. The second-order valence-corrected chi connectivity index (χ2v) is 18.3. The largest absolute Gasteiger partial charge is 2.00 e. The second-order valence-electron chi connectivity index (χ2n) is 18.3. The van der Waals surface area contributed by atoms with E-state index in [0.29, 0.717) is 45.3 Å². The molecule has 8 rings (SSSR count). The number of para-hydroxylation sites is 4. The fourth-order valence-corrected chi connectivity index (χ4v) is 6.43. The molecule has 84 heavy (non-hydrogen) atoms. The molecule has 0 saturated carbocycles. The summed E-state index contributed by atoms with van der Waals surface area (Å²) in [4.78, 5) is 65.0. The van der Waals surface area contributed by atoms with E-state index >= 15 is 0 Å². The zero-order valence-electron chi connectivity index (χ0n) is 47.5. The van der Waals surface area contributed by atoms with Crippen molar-refractivity contribution in [3.8, 4) is 46.0 Å². The third kappa shape index (κ3) is 28.5. The van der Waals surface area contributed by atoms with Crippen molar-refractivity contribution in [1.82, 2.24) is 9.80 Å². The van der Waals surface area contributed by atoms with Gasteiger partial charge in [-0.15, -0.1) is 0 Å². The number of aliphatic carboxylic acids is 4. The van der Waals surface area contributed by atoms with Crippen LogP contribution in [-0.4, -0.2) is 74.7 Å². The molecule has 18 heteroatoms. The molecule has 0 aliphatic carbocycles. The molecule has 0 bridgehead atoms. The van der Waals surface area contributed by atoms with E-state index in [1.807, 2.05) is 121 Å². The van der Waals surface area contributed by atoms with E-state index in [9.17, 15) is 49.2 Å². The van der Waals surface area contributed by atoms with Gasteiger partial charge in [-0.05, 0) is 119 Å². The molecule has 0 unspecified atom stereocenters. The smallest absolute Gasteiger partial charge is 0.550 e. The number of carboxylic acid groups (broad SMARTS) is 4. The van der Waals surface area contributed by atoms with Gasteiger partial charge in [-0.2, -0.15) is 0 Å². The van der Waals surface area contributed by atoms with Gasteiger partial charge in [0.25, 0.3) is 0 Å². The van der Waals surface area contributed by atoms with Crippen LogP contribution in [0, 0.1) is 0 Å². The first-order chi connectivity index (χ1) is 39.2. The summed E-state index contributed by atoms with van der Waals surface area (Å²) in [6.45, 7) is 6.38. The zero-order valence-corrected chi connectivity index (χ0v) is 49.3. The molecular formula is C66H66Cu2N2O14. The summed E-state index contributed by atoms with van der Waals surface area (Å²) < 4.78 is 22.5. The van der Waals surface area contributed by atoms with Crippen LogP contribution >= 0.6 is 0 Å². The minimum absolute atomic E-state index is 0. The minimum atomic E-state index is -1.09. The van der Waals surface area contributed by atoms with Gasteiger partial charge in [0.15, 0.2) is 0 Å². The van der Waals surface area contributed by atoms with Crippen LogP contribution in [0.1, 0.15) is 73.6 Å². The molecule has 4 atom stereocenters. The first-order valence-corrected chi connectivity index (χ1v) is 25.6. The first-order valence-electron chi connectivity index (χ1n) is 25.6. The number of carbonyl (C=O) groups is 6. The van der Waals surface area contributed by atoms with Crippen LogP contribution in [0.25, 0.3) is 0 Å². The van der Waals surface area contributed by atoms with Gasteiger partial charge in [0.05, 0.1) is 0 Å². The zero-order chi connectivity index (χ0) is 60.4. The number of hydrogen-bond donors (Lipinski definition) is 0. The maximum atomic E-state index is 10.8. The van der Waals surface area contributed by atoms with E-state index in [4.69, 9.17) is 18.9 Å². The number of amides is 2. The van der Waals surface area contributed by atoms with Crippen LogP contribution in [0.15, 0.2) is 218 Å². The molecule has 2 radical (unpaired) electrons. The average molecular weight is 1240 g/mol. The third-order valence-electron chi connectivity index (χ3n) is 11.2. The monoisotopic (exact) mass is 1240 g/mol. The molecule has 16 nitrogen and oxygen atoms in total. The van der Waals surface area contributed by atoms with Gasteiger partial charge >= 0.3 is 34.1 Å². The van der Waals surface area contributed by atoms with Crippen molar-refractivity contribution in [2.24, 2.45) is 0 Å². The number of rotatable bonds is 18. The molecule has 8 aromatic carbocycles.